The van der Waals surface area contributed by atoms with Gasteiger partial charge in [0.1, 0.15) is 0 Å². The molecule has 0 unspecified atom stereocenters. The van der Waals surface area contributed by atoms with Crippen LogP contribution in [0.5, 0.6) is 0 Å². The van der Waals surface area contributed by atoms with Crippen LogP contribution in [-0.2, 0) is 0 Å². The Bertz CT molecular complexity index is 337. The van der Waals surface area contributed by atoms with Crippen molar-refractivity contribution >= 4 is 0 Å². The maximum absolute atomic E-state index is 2.55. The maximum Gasteiger partial charge on any atom is -0.0203 e. The van der Waals surface area contributed by atoms with Crippen molar-refractivity contribution in [2.24, 2.45) is 5.92 Å². The fourth-order valence-electron chi connectivity index (χ4n) is 2.62. The van der Waals surface area contributed by atoms with E-state index in [1.54, 1.807) is 16.7 Å². The molecule has 1 saturated carbocycles. The molecule has 2 aliphatic rings. The van der Waals surface area contributed by atoms with E-state index in [4.69, 9.17) is 0 Å². The normalized spacial score (nSPS) is 33.2. The van der Waals surface area contributed by atoms with Crippen molar-refractivity contribution in [3.63, 3.8) is 0 Å². The topological polar surface area (TPSA) is 0 Å². The van der Waals surface area contributed by atoms with Gasteiger partial charge in [-0.15, -0.1) is 0 Å². The Hall–Kier alpha value is -0.780. The molecule has 2 rings (SSSR count). The first-order chi connectivity index (χ1) is 8.25. The Labute approximate surface area is 106 Å². The molecule has 0 radical (unpaired) electrons. The Balaban J connectivity index is 2.02. The number of rotatable bonds is 1. The highest BCUT2D eigenvalue weighted by molar-refractivity contribution is 5.16. The summed E-state index contributed by atoms with van der Waals surface area (Å²) in [6.45, 7) is 4.58. The van der Waals surface area contributed by atoms with E-state index in [1.807, 2.05) is 0 Å². The molecule has 0 aromatic rings. The summed E-state index contributed by atoms with van der Waals surface area (Å²) in [5.41, 5.74) is 4.91. The number of hydrogen-bond acceptors (Lipinski definition) is 0. The fourth-order valence-corrected chi connectivity index (χ4v) is 2.62. The van der Waals surface area contributed by atoms with Crippen LogP contribution in [0.15, 0.2) is 34.9 Å². The third kappa shape index (κ3) is 4.53. The average Bonchev–Trinajstić information content (AvgIpc) is 3.11. The number of allylic oxidation sites excluding steroid dienone is 6. The van der Waals surface area contributed by atoms with Gasteiger partial charge in [-0.1, -0.05) is 34.9 Å². The van der Waals surface area contributed by atoms with Gasteiger partial charge in [-0.05, 0) is 71.1 Å². The molecular weight excluding hydrogens is 204 g/mol. The molecular formula is C17H26. The highest BCUT2D eigenvalue weighted by atomic mass is 14.3. The number of hydrogen-bond donors (Lipinski definition) is 0. The molecule has 94 valence electrons. The van der Waals surface area contributed by atoms with E-state index in [0.29, 0.717) is 0 Å². The van der Waals surface area contributed by atoms with E-state index >= 15 is 0 Å². The van der Waals surface area contributed by atoms with Crippen LogP contribution in [0.25, 0.3) is 0 Å². The van der Waals surface area contributed by atoms with Crippen LogP contribution in [0.1, 0.15) is 65.2 Å². The van der Waals surface area contributed by atoms with Crippen molar-refractivity contribution in [3.05, 3.63) is 34.9 Å². The third-order valence-corrected chi connectivity index (χ3v) is 4.01. The lowest BCUT2D eigenvalue weighted by Crippen LogP contribution is -1.90. The maximum atomic E-state index is 2.55. The molecule has 0 bridgehead atoms. The van der Waals surface area contributed by atoms with Gasteiger partial charge in [-0.25, -0.2) is 0 Å². The van der Waals surface area contributed by atoms with Gasteiger partial charge in [0.05, 0.1) is 0 Å². The summed E-state index contributed by atoms with van der Waals surface area (Å²) in [5, 5.41) is 0. The predicted octanol–water partition coefficient (Wildman–Crippen LogP) is 5.57. The minimum atomic E-state index is 0.954. The highest BCUT2D eigenvalue weighted by Crippen LogP contribution is 2.39. The molecule has 0 amide bonds. The first kappa shape index (κ1) is 12.7. The minimum Gasteiger partial charge on any atom is -0.0853 e. The van der Waals surface area contributed by atoms with Crippen LogP contribution in [0.3, 0.4) is 0 Å². The van der Waals surface area contributed by atoms with E-state index < -0.39 is 0 Å². The van der Waals surface area contributed by atoms with Crippen LogP contribution >= 0.6 is 0 Å². The van der Waals surface area contributed by atoms with Crippen LogP contribution < -0.4 is 0 Å². The van der Waals surface area contributed by atoms with Gasteiger partial charge < -0.3 is 0 Å². The molecule has 17 heavy (non-hydrogen) atoms. The van der Waals surface area contributed by atoms with Gasteiger partial charge in [0.15, 0.2) is 0 Å². The van der Waals surface area contributed by atoms with E-state index in [-0.39, 0.29) is 0 Å². The summed E-state index contributed by atoms with van der Waals surface area (Å²) in [5.74, 6) is 0.954. The second-order valence-electron chi connectivity index (χ2n) is 5.77. The average molecular weight is 230 g/mol. The van der Waals surface area contributed by atoms with Crippen molar-refractivity contribution in [1.82, 2.24) is 0 Å². The summed E-state index contributed by atoms with van der Waals surface area (Å²) in [6.07, 6.45) is 17.9. The molecule has 0 heteroatoms. The zero-order chi connectivity index (χ0) is 12.1. The molecule has 0 aromatic heterocycles. The van der Waals surface area contributed by atoms with Gasteiger partial charge in [-0.3, -0.25) is 0 Å². The summed E-state index contributed by atoms with van der Waals surface area (Å²) in [4.78, 5) is 0. The first-order valence-corrected chi connectivity index (χ1v) is 7.26. The minimum absolute atomic E-state index is 0.954. The van der Waals surface area contributed by atoms with Crippen LogP contribution in [0.2, 0.25) is 0 Å². The highest BCUT2D eigenvalue weighted by Gasteiger charge is 2.25. The molecule has 0 atom stereocenters. The predicted molar refractivity (Wildman–Crippen MR) is 76.0 cm³/mol. The van der Waals surface area contributed by atoms with Crippen molar-refractivity contribution in [3.8, 4) is 0 Å². The molecule has 0 saturated heterocycles. The second-order valence-corrected chi connectivity index (χ2v) is 5.77. The Morgan fingerprint density at radius 2 is 1.41 bits per heavy atom. The van der Waals surface area contributed by atoms with Crippen molar-refractivity contribution in [2.75, 3.05) is 0 Å². The zero-order valence-electron chi connectivity index (χ0n) is 11.5. The molecule has 2 aliphatic carbocycles. The Morgan fingerprint density at radius 3 is 2.06 bits per heavy atom. The summed E-state index contributed by atoms with van der Waals surface area (Å²) < 4.78 is 0. The van der Waals surface area contributed by atoms with E-state index in [2.05, 4.69) is 32.1 Å². The van der Waals surface area contributed by atoms with E-state index in [9.17, 15) is 0 Å². The van der Waals surface area contributed by atoms with Crippen LogP contribution in [-0.4, -0.2) is 0 Å². The Morgan fingerprint density at radius 1 is 0.765 bits per heavy atom. The molecule has 1 fully saturated rings. The quantitative estimate of drug-likeness (QED) is 0.517. The monoisotopic (exact) mass is 230 g/mol. The zero-order valence-corrected chi connectivity index (χ0v) is 11.5. The van der Waals surface area contributed by atoms with Gasteiger partial charge in [0.2, 0.25) is 0 Å². The molecule has 0 aromatic carbocycles. The van der Waals surface area contributed by atoms with Gasteiger partial charge >= 0.3 is 0 Å². The van der Waals surface area contributed by atoms with Gasteiger partial charge in [0.25, 0.3) is 0 Å². The standard InChI is InChI=1S/C17H26/c1-14-6-3-4-7-15(2)10-11-16(9-5-8-14)17-12-13-17/h6-7,9,17H,3-5,8,10-13H2,1-2H3/b14-6+,15-7+,16-9-. The third-order valence-electron chi connectivity index (χ3n) is 4.01. The smallest absolute Gasteiger partial charge is 0.0203 e. The molecule has 0 heterocycles. The fraction of sp³-hybridized carbons (Fsp3) is 0.647. The summed E-state index contributed by atoms with van der Waals surface area (Å²) >= 11 is 0. The van der Waals surface area contributed by atoms with Crippen molar-refractivity contribution in [2.45, 2.75) is 65.2 Å². The van der Waals surface area contributed by atoms with Gasteiger partial charge in [0, 0.05) is 0 Å². The molecule has 0 N–H and O–H groups in total. The lowest BCUT2D eigenvalue weighted by atomic mass is 9.98. The second kappa shape index (κ2) is 6.23. The lowest BCUT2D eigenvalue weighted by Gasteiger charge is -2.09. The lowest BCUT2D eigenvalue weighted by molar-refractivity contribution is 0.806. The molecule has 0 spiro atoms. The van der Waals surface area contributed by atoms with Crippen LogP contribution in [0, 0.1) is 5.92 Å². The van der Waals surface area contributed by atoms with E-state index in [0.717, 1.165) is 5.92 Å². The molecule has 0 nitrogen and oxygen atoms in total. The summed E-state index contributed by atoms with van der Waals surface area (Å²) in [7, 11) is 0. The van der Waals surface area contributed by atoms with Crippen molar-refractivity contribution in [1.29, 1.82) is 0 Å². The van der Waals surface area contributed by atoms with E-state index in [1.165, 1.54) is 51.4 Å². The molecule has 0 aliphatic heterocycles. The first-order valence-electron chi connectivity index (χ1n) is 7.26. The van der Waals surface area contributed by atoms with Crippen LogP contribution in [0.4, 0.5) is 0 Å². The van der Waals surface area contributed by atoms with Crippen molar-refractivity contribution < 1.29 is 0 Å². The largest absolute Gasteiger partial charge is 0.0853 e. The van der Waals surface area contributed by atoms with Gasteiger partial charge in [-0.2, -0.15) is 0 Å². The summed E-state index contributed by atoms with van der Waals surface area (Å²) in [6, 6.07) is 0. The SMILES string of the molecule is C/C1=C\CC/C=C(\C)CC/C(C2CC2)=C/CC1. The Kier molecular flexibility index (Phi) is 4.65.